The van der Waals surface area contributed by atoms with Crippen LogP contribution in [0.1, 0.15) is 12.0 Å². The summed E-state index contributed by atoms with van der Waals surface area (Å²) in [6, 6.07) is 7.69. The van der Waals surface area contributed by atoms with Crippen molar-refractivity contribution in [2.24, 2.45) is 5.92 Å². The van der Waals surface area contributed by atoms with Gasteiger partial charge in [-0.2, -0.15) is 0 Å². The number of hydrogen-bond donors (Lipinski definition) is 1. The van der Waals surface area contributed by atoms with E-state index in [0.29, 0.717) is 12.5 Å². The fourth-order valence-electron chi connectivity index (χ4n) is 2.56. The van der Waals surface area contributed by atoms with Crippen molar-refractivity contribution in [3.63, 3.8) is 0 Å². The lowest BCUT2D eigenvalue weighted by atomic mass is 10.1. The Kier molecular flexibility index (Phi) is 3.80. The van der Waals surface area contributed by atoms with Crippen molar-refractivity contribution in [1.29, 1.82) is 0 Å². The first kappa shape index (κ1) is 12.9. The van der Waals surface area contributed by atoms with Crippen LogP contribution in [0.2, 0.25) is 0 Å². The average Bonchev–Trinajstić information content (AvgIpc) is 3.10. The third-order valence-corrected chi connectivity index (χ3v) is 3.62. The van der Waals surface area contributed by atoms with Gasteiger partial charge in [0.25, 0.3) is 0 Å². The number of hydroxylamine groups is 1. The first-order valence-corrected chi connectivity index (χ1v) is 6.81. The fourth-order valence-corrected chi connectivity index (χ4v) is 2.56. The molecule has 2 heterocycles. The summed E-state index contributed by atoms with van der Waals surface area (Å²) in [5.41, 5.74) is 5.12. The molecule has 104 valence electrons. The molecular formula is C16H18N2O2. The van der Waals surface area contributed by atoms with Crippen LogP contribution in [0.5, 0.6) is 5.75 Å². The lowest BCUT2D eigenvalue weighted by Gasteiger charge is -2.13. The van der Waals surface area contributed by atoms with Crippen LogP contribution in [0.4, 0.5) is 0 Å². The van der Waals surface area contributed by atoms with Crippen molar-refractivity contribution in [3.05, 3.63) is 41.7 Å². The van der Waals surface area contributed by atoms with Gasteiger partial charge in [0.05, 0.1) is 12.8 Å². The normalized spacial score (nSPS) is 19.4. The SMILES string of the molecule is COc1cccc(C#CCONC2=CN3CCC2C3)c1. The quantitative estimate of drug-likeness (QED) is 0.513. The number of fused-ring (bicyclic) bond motifs is 2. The van der Waals surface area contributed by atoms with E-state index in [9.17, 15) is 0 Å². The third kappa shape index (κ3) is 2.89. The van der Waals surface area contributed by atoms with Crippen molar-refractivity contribution in [3.8, 4) is 17.6 Å². The molecule has 2 aliphatic rings. The molecule has 1 atom stereocenters. The molecule has 4 heteroatoms. The van der Waals surface area contributed by atoms with Gasteiger partial charge < -0.3 is 9.64 Å². The highest BCUT2D eigenvalue weighted by Crippen LogP contribution is 2.29. The van der Waals surface area contributed by atoms with Crippen LogP contribution in [-0.2, 0) is 4.84 Å². The molecule has 2 bridgehead atoms. The van der Waals surface area contributed by atoms with Crippen LogP contribution in [0.3, 0.4) is 0 Å². The molecular weight excluding hydrogens is 252 g/mol. The summed E-state index contributed by atoms with van der Waals surface area (Å²) in [7, 11) is 1.65. The maximum Gasteiger partial charge on any atom is 0.135 e. The number of methoxy groups -OCH3 is 1. The molecule has 1 fully saturated rings. The lowest BCUT2D eigenvalue weighted by Crippen LogP contribution is -2.20. The van der Waals surface area contributed by atoms with Crippen molar-refractivity contribution < 1.29 is 9.57 Å². The van der Waals surface area contributed by atoms with E-state index in [1.165, 1.54) is 18.7 Å². The Labute approximate surface area is 119 Å². The van der Waals surface area contributed by atoms with Gasteiger partial charge in [-0.15, -0.1) is 0 Å². The zero-order valence-electron chi connectivity index (χ0n) is 11.6. The maximum atomic E-state index is 5.40. The highest BCUT2D eigenvalue weighted by atomic mass is 16.6. The zero-order chi connectivity index (χ0) is 13.8. The molecule has 20 heavy (non-hydrogen) atoms. The van der Waals surface area contributed by atoms with E-state index < -0.39 is 0 Å². The fraction of sp³-hybridized carbons (Fsp3) is 0.375. The van der Waals surface area contributed by atoms with Gasteiger partial charge in [-0.3, -0.25) is 10.3 Å². The predicted octanol–water partition coefficient (Wildman–Crippen LogP) is 1.74. The molecule has 4 nitrogen and oxygen atoms in total. The van der Waals surface area contributed by atoms with E-state index in [-0.39, 0.29) is 0 Å². The predicted molar refractivity (Wildman–Crippen MR) is 76.7 cm³/mol. The molecule has 0 radical (unpaired) electrons. The monoisotopic (exact) mass is 270 g/mol. The summed E-state index contributed by atoms with van der Waals surface area (Å²) < 4.78 is 5.15. The topological polar surface area (TPSA) is 33.7 Å². The highest BCUT2D eigenvalue weighted by molar-refractivity contribution is 5.39. The van der Waals surface area contributed by atoms with Crippen LogP contribution in [0.15, 0.2) is 36.2 Å². The van der Waals surface area contributed by atoms with E-state index in [4.69, 9.17) is 9.57 Å². The lowest BCUT2D eigenvalue weighted by molar-refractivity contribution is 0.0830. The Balaban J connectivity index is 1.46. The summed E-state index contributed by atoms with van der Waals surface area (Å²) in [5.74, 6) is 7.47. The highest BCUT2D eigenvalue weighted by Gasteiger charge is 2.30. The molecule has 0 spiro atoms. The second kappa shape index (κ2) is 5.89. The molecule has 1 N–H and O–H groups in total. The first-order chi connectivity index (χ1) is 9.85. The third-order valence-electron chi connectivity index (χ3n) is 3.62. The number of hydrogen-bond acceptors (Lipinski definition) is 4. The van der Waals surface area contributed by atoms with Crippen molar-refractivity contribution in [2.75, 3.05) is 26.8 Å². The van der Waals surface area contributed by atoms with E-state index in [0.717, 1.165) is 17.9 Å². The number of nitrogens with one attached hydrogen (secondary N) is 1. The summed E-state index contributed by atoms with van der Waals surface area (Å²) in [6.07, 6.45) is 3.36. The van der Waals surface area contributed by atoms with Gasteiger partial charge in [-0.1, -0.05) is 17.9 Å². The average molecular weight is 270 g/mol. The van der Waals surface area contributed by atoms with Gasteiger partial charge in [0.2, 0.25) is 0 Å². The van der Waals surface area contributed by atoms with Crippen molar-refractivity contribution >= 4 is 0 Å². The minimum Gasteiger partial charge on any atom is -0.497 e. The number of benzene rings is 1. The smallest absolute Gasteiger partial charge is 0.135 e. The number of ether oxygens (including phenoxy) is 1. The minimum absolute atomic E-state index is 0.362. The minimum atomic E-state index is 0.362. The van der Waals surface area contributed by atoms with Crippen LogP contribution >= 0.6 is 0 Å². The summed E-state index contributed by atoms with van der Waals surface area (Å²) in [5, 5.41) is 0. The van der Waals surface area contributed by atoms with Crippen LogP contribution in [0, 0.1) is 17.8 Å². The molecule has 0 aromatic heterocycles. The molecule has 3 rings (SSSR count). The molecule has 1 unspecified atom stereocenters. The molecule has 2 aliphatic heterocycles. The van der Waals surface area contributed by atoms with Gasteiger partial charge in [0.15, 0.2) is 0 Å². The maximum absolute atomic E-state index is 5.40. The van der Waals surface area contributed by atoms with E-state index in [1.807, 2.05) is 24.3 Å². The summed E-state index contributed by atoms with van der Waals surface area (Å²) in [6.45, 7) is 2.66. The van der Waals surface area contributed by atoms with E-state index in [1.54, 1.807) is 7.11 Å². The largest absolute Gasteiger partial charge is 0.497 e. The van der Waals surface area contributed by atoms with Crippen LogP contribution in [-0.4, -0.2) is 31.7 Å². The molecule has 0 saturated carbocycles. The Bertz CT molecular complexity index is 571. The number of rotatable bonds is 4. The Morgan fingerprint density at radius 1 is 1.45 bits per heavy atom. The summed E-state index contributed by atoms with van der Waals surface area (Å²) >= 11 is 0. The molecule has 1 saturated heterocycles. The Morgan fingerprint density at radius 2 is 2.40 bits per heavy atom. The second-order valence-electron chi connectivity index (χ2n) is 4.99. The molecule has 0 aliphatic carbocycles. The molecule has 1 aromatic rings. The van der Waals surface area contributed by atoms with Crippen LogP contribution in [0.25, 0.3) is 0 Å². The van der Waals surface area contributed by atoms with Crippen LogP contribution < -0.4 is 10.2 Å². The first-order valence-electron chi connectivity index (χ1n) is 6.81. The van der Waals surface area contributed by atoms with Crippen molar-refractivity contribution in [1.82, 2.24) is 10.4 Å². The van der Waals surface area contributed by atoms with Gasteiger partial charge in [0, 0.05) is 30.8 Å². The zero-order valence-corrected chi connectivity index (χ0v) is 11.6. The standard InChI is InChI=1S/C16H18N2O2/c1-19-15-6-2-4-13(10-15)5-3-9-20-17-16-12-18-8-7-14(16)11-18/h2,4,6,10,12,14,17H,7-9,11H2,1H3. The number of nitrogens with zero attached hydrogens (tertiary/aromatic N) is 1. The summed E-state index contributed by atoms with van der Waals surface area (Å²) in [4.78, 5) is 7.72. The van der Waals surface area contributed by atoms with E-state index >= 15 is 0 Å². The molecule has 1 aromatic carbocycles. The van der Waals surface area contributed by atoms with Gasteiger partial charge in [-0.05, 0) is 24.6 Å². The molecule has 0 amide bonds. The van der Waals surface area contributed by atoms with Gasteiger partial charge >= 0.3 is 0 Å². The second-order valence-corrected chi connectivity index (χ2v) is 4.99. The van der Waals surface area contributed by atoms with E-state index in [2.05, 4.69) is 28.4 Å². The van der Waals surface area contributed by atoms with Gasteiger partial charge in [0.1, 0.15) is 12.4 Å². The Hall–Kier alpha value is -2.12. The Morgan fingerprint density at radius 3 is 3.15 bits per heavy atom. The van der Waals surface area contributed by atoms with Gasteiger partial charge in [-0.25, -0.2) is 0 Å². The van der Waals surface area contributed by atoms with Crippen molar-refractivity contribution in [2.45, 2.75) is 6.42 Å².